The number of hydrogen-bond acceptors (Lipinski definition) is 6. The fraction of sp³-hybridized carbons (Fsp3) is 0.273. The van der Waals surface area contributed by atoms with E-state index in [0.717, 1.165) is 0 Å². The molecule has 508 valence electrons. The summed E-state index contributed by atoms with van der Waals surface area (Å²) in [5, 5.41) is 31.4. The zero-order chi connectivity index (χ0) is 71.5. The van der Waals surface area contributed by atoms with Crippen molar-refractivity contribution in [3.8, 4) is 44.5 Å². The molecule has 8 aromatic carbocycles. The first-order chi connectivity index (χ1) is 43.3. The average Bonchev–Trinajstić information content (AvgIpc) is 0.829. The van der Waals surface area contributed by atoms with Crippen LogP contribution in [-0.4, -0.2) is 58.6 Å². The Hall–Kier alpha value is -7.82. The molecule has 0 aliphatic rings. The number of hydrogen-bond donors (Lipinski definition) is 6. The predicted molar refractivity (Wildman–Crippen MR) is 319 cm³/mol. The fourth-order valence-electron chi connectivity index (χ4n) is 7.85. The van der Waals surface area contributed by atoms with Gasteiger partial charge in [-0.2, -0.15) is 0 Å². The smallest absolute Gasteiger partial charge is 0.402 e. The fourth-order valence-corrected chi connectivity index (χ4v) is 7.85. The third kappa shape index (κ3) is 25.9. The summed E-state index contributed by atoms with van der Waals surface area (Å²) in [4.78, 5) is 0. The molecule has 0 aromatic heterocycles. The van der Waals surface area contributed by atoms with E-state index in [-0.39, 0.29) is 22.3 Å². The summed E-state index contributed by atoms with van der Waals surface area (Å²) >= 11 is 0. The number of nitrogens with one attached hydrogen (secondary N) is 3. The third-order valence-electron chi connectivity index (χ3n) is 11.1. The van der Waals surface area contributed by atoms with Crippen molar-refractivity contribution in [3.63, 3.8) is 0 Å². The van der Waals surface area contributed by atoms with E-state index in [0.29, 0.717) is 36.3 Å². The summed E-state index contributed by atoms with van der Waals surface area (Å²) < 4.78 is 261. The largest absolute Gasteiger partial charge is 0.631 e. The monoisotopic (exact) mass is 1340 g/mol. The number of rotatable bonds is 10. The van der Waals surface area contributed by atoms with Gasteiger partial charge in [-0.25, -0.2) is 87.8 Å². The molecule has 0 saturated heterocycles. The van der Waals surface area contributed by atoms with Crippen LogP contribution in [0.4, 0.5) is 87.8 Å². The molecule has 8 rings (SSSR count). The van der Waals surface area contributed by atoms with Crippen molar-refractivity contribution in [1.82, 2.24) is 16.0 Å². The molecule has 0 aliphatic heterocycles. The molecule has 0 heterocycles. The van der Waals surface area contributed by atoms with E-state index >= 15 is 0 Å². The maximum absolute atomic E-state index is 13.4. The first-order valence-corrected chi connectivity index (χ1v) is 27.9. The number of halogens is 20. The topological polar surface area (TPSA) is 96.8 Å². The standard InChI is InChI=1S/4C12H5F5.3C6H15N.BH3O3/c4*13-8-7(6-4-2-1-3-5-6)9(14)11(16)12(17)10(8)15;3*1-5(2)7-6(3)4;2-1(3)4/h4*1-5H;3*5-7H,1-4H3;2-4H. The van der Waals surface area contributed by atoms with Gasteiger partial charge in [0.05, 0.1) is 22.3 Å². The summed E-state index contributed by atoms with van der Waals surface area (Å²) in [6.07, 6.45) is 0. The Kier molecular flexibility index (Phi) is 36.1. The summed E-state index contributed by atoms with van der Waals surface area (Å²) in [5.41, 5.74) is -3.94. The van der Waals surface area contributed by atoms with Crippen LogP contribution in [0.2, 0.25) is 0 Å². The van der Waals surface area contributed by atoms with Crippen LogP contribution < -0.4 is 16.0 Å². The minimum atomic E-state index is -2.17. The van der Waals surface area contributed by atoms with Gasteiger partial charge in [-0.15, -0.1) is 0 Å². The van der Waals surface area contributed by atoms with Crippen LogP contribution in [0.1, 0.15) is 83.1 Å². The van der Waals surface area contributed by atoms with Gasteiger partial charge in [0.25, 0.3) is 0 Å². The molecule has 0 amide bonds. The van der Waals surface area contributed by atoms with Crippen molar-refractivity contribution in [3.05, 3.63) is 238 Å². The molecule has 0 unspecified atom stereocenters. The van der Waals surface area contributed by atoms with Crippen LogP contribution in [0, 0.1) is 116 Å². The quantitative estimate of drug-likeness (QED) is 0.0353. The highest BCUT2D eigenvalue weighted by molar-refractivity contribution is 6.30. The van der Waals surface area contributed by atoms with Gasteiger partial charge in [-0.1, -0.05) is 204 Å². The highest BCUT2D eigenvalue weighted by atomic mass is 19.2. The second-order valence-electron chi connectivity index (χ2n) is 21.0. The van der Waals surface area contributed by atoms with E-state index in [1.54, 1.807) is 24.3 Å². The Morgan fingerprint density at radius 1 is 0.204 bits per heavy atom. The molecule has 0 fully saturated rings. The minimum absolute atomic E-state index is 0.0692. The highest BCUT2D eigenvalue weighted by Crippen LogP contribution is 2.35. The van der Waals surface area contributed by atoms with Gasteiger partial charge >= 0.3 is 7.32 Å². The molecule has 8 aromatic rings. The molecule has 0 radical (unpaired) electrons. The molecule has 0 spiro atoms. The summed E-state index contributed by atoms with van der Waals surface area (Å²) in [6.45, 7) is 25.8. The maximum atomic E-state index is 13.4. The zero-order valence-electron chi connectivity index (χ0n) is 52.0. The van der Waals surface area contributed by atoms with Crippen LogP contribution >= 0.6 is 0 Å². The van der Waals surface area contributed by atoms with Gasteiger partial charge < -0.3 is 31.0 Å². The van der Waals surface area contributed by atoms with Gasteiger partial charge in [-0.05, 0) is 22.3 Å². The molecule has 0 atom stereocenters. The molecule has 6 N–H and O–H groups in total. The van der Waals surface area contributed by atoms with Crippen molar-refractivity contribution < 1.29 is 103 Å². The van der Waals surface area contributed by atoms with Gasteiger partial charge in [0.1, 0.15) is 0 Å². The third-order valence-corrected chi connectivity index (χ3v) is 11.1. The van der Waals surface area contributed by atoms with Crippen LogP contribution in [0.5, 0.6) is 0 Å². The van der Waals surface area contributed by atoms with Gasteiger partial charge in [0, 0.05) is 36.3 Å². The summed E-state index contributed by atoms with van der Waals surface area (Å²) in [7, 11) is -2.17. The van der Waals surface area contributed by atoms with Crippen LogP contribution in [-0.2, 0) is 0 Å². The lowest BCUT2D eigenvalue weighted by Gasteiger charge is -2.10. The predicted octanol–water partition coefficient (Wildman–Crippen LogP) is 18.3. The van der Waals surface area contributed by atoms with Gasteiger partial charge in [0.2, 0.25) is 23.3 Å². The lowest BCUT2D eigenvalue weighted by molar-refractivity contribution is 0.278. The SMILES string of the molecule is CC(C)NC(C)C.CC(C)NC(C)C.CC(C)NC(C)C.Fc1c(F)c(F)c(-c2ccccc2)c(F)c1F.Fc1c(F)c(F)c(-c2ccccc2)c(F)c1F.Fc1c(F)c(F)c(-c2ccccc2)c(F)c1F.Fc1c(F)c(F)c(-c2ccccc2)c(F)c1F.OB(O)O. The van der Waals surface area contributed by atoms with E-state index < -0.39 is 146 Å². The molecule has 0 bridgehead atoms. The molecule has 0 aliphatic carbocycles. The molecule has 27 heteroatoms. The second-order valence-corrected chi connectivity index (χ2v) is 21.0. The maximum Gasteiger partial charge on any atom is 0.631 e. The van der Waals surface area contributed by atoms with Gasteiger partial charge in [0.15, 0.2) is 93.1 Å². The Morgan fingerprint density at radius 2 is 0.301 bits per heavy atom. The summed E-state index contributed by atoms with van der Waals surface area (Å²) in [6, 6.07) is 31.6. The number of benzene rings is 8. The molecule has 6 nitrogen and oxygen atoms in total. The normalized spacial score (nSPS) is 10.6. The molecular weight excluding hydrogens is 1270 g/mol. The lowest BCUT2D eigenvalue weighted by Crippen LogP contribution is -2.29. The van der Waals surface area contributed by atoms with Gasteiger partial charge in [-0.3, -0.25) is 0 Å². The van der Waals surface area contributed by atoms with Crippen molar-refractivity contribution in [2.45, 2.75) is 119 Å². The van der Waals surface area contributed by atoms with Crippen molar-refractivity contribution in [2.24, 2.45) is 0 Å². The Bertz CT molecular complexity index is 2980. The molecule has 0 saturated carbocycles. The Balaban J connectivity index is 0.000000554. The van der Waals surface area contributed by atoms with Crippen LogP contribution in [0.3, 0.4) is 0 Å². The summed E-state index contributed by atoms with van der Waals surface area (Å²) in [5.74, 6) is -38.8. The van der Waals surface area contributed by atoms with E-state index in [1.807, 2.05) is 0 Å². The van der Waals surface area contributed by atoms with E-state index in [9.17, 15) is 87.8 Å². The molecule has 93 heavy (non-hydrogen) atoms. The van der Waals surface area contributed by atoms with E-state index in [1.165, 1.54) is 97.1 Å². The van der Waals surface area contributed by atoms with Crippen LogP contribution in [0.25, 0.3) is 44.5 Å². The van der Waals surface area contributed by atoms with Crippen molar-refractivity contribution in [1.29, 1.82) is 0 Å². The van der Waals surface area contributed by atoms with E-state index in [4.69, 9.17) is 15.1 Å². The Morgan fingerprint density at radius 3 is 0.387 bits per heavy atom. The Labute approximate surface area is 526 Å². The minimum Gasteiger partial charge on any atom is -0.402 e. The molecular formula is C66H68BF20N3O3. The second kappa shape index (κ2) is 40.3. The lowest BCUT2D eigenvalue weighted by atomic mass is 10.0. The average molecular weight is 1340 g/mol. The van der Waals surface area contributed by atoms with Crippen LogP contribution in [0.15, 0.2) is 121 Å². The first kappa shape index (κ1) is 83.2. The zero-order valence-corrected chi connectivity index (χ0v) is 52.0. The first-order valence-electron chi connectivity index (χ1n) is 27.9. The van der Waals surface area contributed by atoms with E-state index in [2.05, 4.69) is 99.0 Å². The van der Waals surface area contributed by atoms with Crippen molar-refractivity contribution in [2.75, 3.05) is 0 Å². The van der Waals surface area contributed by atoms with Crippen molar-refractivity contribution >= 4 is 7.32 Å². The highest BCUT2D eigenvalue weighted by Gasteiger charge is 2.30.